The lowest BCUT2D eigenvalue weighted by molar-refractivity contribution is 0.135. The van der Waals surface area contributed by atoms with E-state index in [2.05, 4.69) is 4.98 Å². The summed E-state index contributed by atoms with van der Waals surface area (Å²) < 4.78 is 18.2. The summed E-state index contributed by atoms with van der Waals surface area (Å²) in [7, 11) is 3.35. The van der Waals surface area contributed by atoms with Crippen molar-refractivity contribution in [3.63, 3.8) is 0 Å². The Bertz CT molecular complexity index is 1260. The van der Waals surface area contributed by atoms with Crippen LogP contribution < -0.4 is 15.2 Å². The first-order chi connectivity index (χ1) is 16.2. The number of hydrogen-bond acceptors (Lipinski definition) is 6. The molecule has 2 aromatic carbocycles. The number of hydrogen-bond donors (Lipinski definition) is 1. The maximum absolute atomic E-state index is 10.6. The zero-order chi connectivity index (χ0) is 22.8. The van der Waals surface area contributed by atoms with Gasteiger partial charge in [0.15, 0.2) is 7.28 Å². The van der Waals surface area contributed by atoms with Gasteiger partial charge in [0.1, 0.15) is 28.7 Å². The number of nitrogens with zero attached hydrogens (tertiary/aromatic N) is 1. The Kier molecular flexibility index (Phi) is 5.94. The number of fused-ring (bicyclic) bond motifs is 2. The summed E-state index contributed by atoms with van der Waals surface area (Å²) in [6, 6.07) is 13.8. The average molecular weight is 441 g/mol. The molecule has 1 aliphatic carbocycles. The van der Waals surface area contributed by atoms with Crippen molar-refractivity contribution in [2.24, 2.45) is 5.92 Å². The van der Waals surface area contributed by atoms with Crippen molar-refractivity contribution in [2.45, 2.75) is 38.1 Å². The highest BCUT2D eigenvalue weighted by Crippen LogP contribution is 2.41. The number of carbonyl (C=O) groups is 1. The van der Waals surface area contributed by atoms with Gasteiger partial charge in [-0.2, -0.15) is 0 Å². The molecule has 7 heteroatoms. The van der Waals surface area contributed by atoms with E-state index in [4.69, 9.17) is 19.6 Å². The molecule has 2 aromatic heterocycles. The predicted molar refractivity (Wildman–Crippen MR) is 132 cm³/mol. The molecule has 1 aliphatic rings. The summed E-state index contributed by atoms with van der Waals surface area (Å²) in [5.41, 5.74) is 7.91. The van der Waals surface area contributed by atoms with Gasteiger partial charge in [-0.25, -0.2) is 4.98 Å². The van der Waals surface area contributed by atoms with Gasteiger partial charge in [-0.15, -0.1) is 0 Å². The molecule has 6 nitrogen and oxygen atoms in total. The van der Waals surface area contributed by atoms with E-state index < -0.39 is 0 Å². The van der Waals surface area contributed by atoms with Gasteiger partial charge in [0, 0.05) is 28.6 Å². The van der Waals surface area contributed by atoms with E-state index in [1.54, 1.807) is 20.6 Å². The van der Waals surface area contributed by atoms with E-state index in [1.165, 1.54) is 0 Å². The fourth-order valence-corrected chi connectivity index (χ4v) is 4.80. The Morgan fingerprint density at radius 2 is 2.00 bits per heavy atom. The molecule has 0 unspecified atom stereocenters. The molecule has 0 atom stereocenters. The van der Waals surface area contributed by atoms with Gasteiger partial charge in [0.25, 0.3) is 0 Å². The third kappa shape index (κ3) is 4.27. The number of carbonyl (C=O) groups excluding carboxylic acids is 1. The number of rotatable bonds is 7. The van der Waals surface area contributed by atoms with Crippen LogP contribution in [0.15, 0.2) is 53.1 Å². The van der Waals surface area contributed by atoms with E-state index in [-0.39, 0.29) is 6.10 Å². The van der Waals surface area contributed by atoms with Crippen molar-refractivity contribution in [3.8, 4) is 22.8 Å². The molecule has 2 N–H and O–H groups in total. The number of nitrogens with two attached hydrogens (primary N) is 1. The number of nitrogen functional groups attached to an aromatic ring is 1. The quantitative estimate of drug-likeness (QED) is 0.302. The van der Waals surface area contributed by atoms with Crippen molar-refractivity contribution in [1.29, 1.82) is 0 Å². The second-order valence-electron chi connectivity index (χ2n) is 8.62. The Morgan fingerprint density at radius 1 is 1.18 bits per heavy atom. The van der Waals surface area contributed by atoms with Crippen molar-refractivity contribution >= 4 is 41.0 Å². The monoisotopic (exact) mass is 441 g/mol. The van der Waals surface area contributed by atoms with Crippen LogP contribution in [0.4, 0.5) is 5.82 Å². The molecule has 33 heavy (non-hydrogen) atoms. The molecule has 2 heterocycles. The predicted octanol–water partition coefficient (Wildman–Crippen LogP) is 5.49. The van der Waals surface area contributed by atoms with Crippen LogP contribution in [-0.4, -0.2) is 31.7 Å². The normalized spacial score (nSPS) is 18.3. The minimum atomic E-state index is 0.133. The summed E-state index contributed by atoms with van der Waals surface area (Å²) in [6.07, 6.45) is 7.67. The molecule has 0 aliphatic heterocycles. The summed E-state index contributed by atoms with van der Waals surface area (Å²) in [4.78, 5) is 15.0. The molecule has 0 spiro atoms. The number of anilines is 1. The number of benzene rings is 2. The van der Waals surface area contributed by atoms with E-state index in [9.17, 15) is 4.79 Å². The molecule has 5 rings (SSSR count). The van der Waals surface area contributed by atoms with Gasteiger partial charge in [-0.1, -0.05) is 24.5 Å². The third-order valence-corrected chi connectivity index (χ3v) is 6.53. The number of pyridine rings is 1. The van der Waals surface area contributed by atoms with Crippen LogP contribution >= 0.6 is 0 Å². The van der Waals surface area contributed by atoms with Gasteiger partial charge in [0.2, 0.25) is 0 Å². The molecule has 0 amide bonds. The molecular formula is C26H26BN2O4. The smallest absolute Gasteiger partial charge is 0.197 e. The van der Waals surface area contributed by atoms with Crippen LogP contribution in [0.1, 0.15) is 25.7 Å². The van der Waals surface area contributed by atoms with E-state index in [0.717, 1.165) is 77.0 Å². The van der Waals surface area contributed by atoms with Crippen LogP contribution in [0.2, 0.25) is 6.32 Å². The third-order valence-electron chi connectivity index (χ3n) is 6.53. The SMILES string of the molecule is COc1cc(OC2CCC(C[B]C=O)CC2)cc2c(-c3cc4ccccc4o3)cnc(N)c12. The highest BCUT2D eigenvalue weighted by atomic mass is 16.5. The summed E-state index contributed by atoms with van der Waals surface area (Å²) in [5.74, 6) is 3.05. The molecule has 1 saturated carbocycles. The average Bonchev–Trinajstić information content (AvgIpc) is 3.27. The molecule has 4 aromatic rings. The van der Waals surface area contributed by atoms with E-state index >= 15 is 0 Å². The highest BCUT2D eigenvalue weighted by Gasteiger charge is 2.23. The fourth-order valence-electron chi connectivity index (χ4n) is 4.80. The molecule has 1 fully saturated rings. The van der Waals surface area contributed by atoms with Gasteiger partial charge < -0.3 is 24.4 Å². The minimum Gasteiger partial charge on any atom is -0.496 e. The number of methoxy groups -OCH3 is 1. The number of para-hydroxylation sites is 1. The summed E-state index contributed by atoms with van der Waals surface area (Å²) in [5, 5.41) is 2.65. The first kappa shape index (κ1) is 21.4. The summed E-state index contributed by atoms with van der Waals surface area (Å²) >= 11 is 0. The highest BCUT2D eigenvalue weighted by molar-refractivity contribution is 6.66. The van der Waals surface area contributed by atoms with Crippen LogP contribution in [-0.2, 0) is 4.79 Å². The van der Waals surface area contributed by atoms with Gasteiger partial charge in [-0.05, 0) is 49.8 Å². The van der Waals surface area contributed by atoms with Crippen molar-refractivity contribution in [2.75, 3.05) is 12.8 Å². The lowest BCUT2D eigenvalue weighted by atomic mass is 9.67. The Morgan fingerprint density at radius 3 is 2.76 bits per heavy atom. The molecular weight excluding hydrogens is 415 g/mol. The Labute approximate surface area is 193 Å². The van der Waals surface area contributed by atoms with Crippen LogP contribution in [0.5, 0.6) is 11.5 Å². The fraction of sp³-hybridized carbons (Fsp3) is 0.308. The van der Waals surface area contributed by atoms with Crippen molar-refractivity contribution in [3.05, 3.63) is 48.7 Å². The zero-order valence-corrected chi connectivity index (χ0v) is 18.6. The van der Waals surface area contributed by atoms with Crippen LogP contribution in [0.3, 0.4) is 0 Å². The maximum atomic E-state index is 10.6. The first-order valence-corrected chi connectivity index (χ1v) is 11.3. The molecule has 167 valence electrons. The molecule has 1 radical (unpaired) electrons. The zero-order valence-electron chi connectivity index (χ0n) is 18.6. The largest absolute Gasteiger partial charge is 0.496 e. The number of ether oxygens (including phenoxy) is 2. The lowest BCUT2D eigenvalue weighted by Gasteiger charge is -2.29. The van der Waals surface area contributed by atoms with Crippen LogP contribution in [0, 0.1) is 5.92 Å². The maximum Gasteiger partial charge on any atom is 0.197 e. The number of aromatic nitrogens is 1. The second kappa shape index (κ2) is 9.18. The van der Waals surface area contributed by atoms with E-state index in [1.807, 2.05) is 42.5 Å². The van der Waals surface area contributed by atoms with Gasteiger partial charge in [-0.3, -0.25) is 0 Å². The van der Waals surface area contributed by atoms with Crippen LogP contribution in [0.25, 0.3) is 33.1 Å². The lowest BCUT2D eigenvalue weighted by Crippen LogP contribution is -2.24. The topological polar surface area (TPSA) is 87.6 Å². The Balaban J connectivity index is 1.49. The van der Waals surface area contributed by atoms with E-state index in [0.29, 0.717) is 17.5 Å². The van der Waals surface area contributed by atoms with Crippen molar-refractivity contribution in [1.82, 2.24) is 4.98 Å². The standard InChI is InChI=1S/C26H26BN2O4/c1-31-24-12-19(32-18-8-6-16(7-9-18)13-27-15-30)11-20-21(14-29-26(28)25(20)24)23-10-17-4-2-3-5-22(17)33-23/h2-5,10-12,14-16,18H,6-9,13H2,1H3,(H2,28,29). The minimum absolute atomic E-state index is 0.133. The molecule has 0 bridgehead atoms. The Hall–Kier alpha value is -3.48. The number of furan rings is 1. The molecule has 0 saturated heterocycles. The summed E-state index contributed by atoms with van der Waals surface area (Å²) in [6.45, 7) is 0. The van der Waals surface area contributed by atoms with Gasteiger partial charge >= 0.3 is 0 Å². The first-order valence-electron chi connectivity index (χ1n) is 11.3. The van der Waals surface area contributed by atoms with Crippen molar-refractivity contribution < 1.29 is 18.7 Å². The second-order valence-corrected chi connectivity index (χ2v) is 8.62. The van der Waals surface area contributed by atoms with Gasteiger partial charge in [0.05, 0.1) is 24.8 Å².